The summed E-state index contributed by atoms with van der Waals surface area (Å²) in [5.74, 6) is 0.123. The molecule has 0 saturated carbocycles. The average Bonchev–Trinajstić information content (AvgIpc) is 3.05. The van der Waals surface area contributed by atoms with E-state index in [2.05, 4.69) is 0 Å². The molecule has 3 rings (SSSR count). The number of carbonyl (C=O) groups excluding carboxylic acids is 2. The van der Waals surface area contributed by atoms with Crippen molar-refractivity contribution in [1.29, 1.82) is 0 Å². The van der Waals surface area contributed by atoms with E-state index in [4.69, 9.17) is 9.47 Å². The number of benzene rings is 2. The molecule has 0 radical (unpaired) electrons. The number of hydrogen-bond acceptors (Lipinski definition) is 4. The Hall–Kier alpha value is -3.08. The smallest absolute Gasteiger partial charge is 0.333 e. The van der Waals surface area contributed by atoms with Gasteiger partial charge in [0.2, 0.25) is 5.91 Å². The van der Waals surface area contributed by atoms with Crippen molar-refractivity contribution < 1.29 is 19.1 Å². The van der Waals surface area contributed by atoms with E-state index >= 15 is 0 Å². The monoisotopic (exact) mass is 365 g/mol. The van der Waals surface area contributed by atoms with Crippen molar-refractivity contribution in [3.63, 3.8) is 0 Å². The molecular weight excluding hydrogens is 342 g/mol. The van der Waals surface area contributed by atoms with E-state index in [1.54, 1.807) is 18.9 Å². The Kier molecular flexibility index (Phi) is 5.60. The van der Waals surface area contributed by atoms with Crippen LogP contribution in [-0.2, 0) is 14.3 Å². The molecule has 0 spiro atoms. The average molecular weight is 365 g/mol. The molecule has 0 bridgehead atoms. The van der Waals surface area contributed by atoms with E-state index in [9.17, 15) is 9.59 Å². The molecule has 1 amide bonds. The largest absolute Gasteiger partial charge is 0.497 e. The van der Waals surface area contributed by atoms with Crippen LogP contribution in [-0.4, -0.2) is 36.5 Å². The van der Waals surface area contributed by atoms with Crippen molar-refractivity contribution in [2.45, 2.75) is 25.9 Å². The number of rotatable bonds is 6. The minimum Gasteiger partial charge on any atom is -0.497 e. The molecule has 5 heteroatoms. The van der Waals surface area contributed by atoms with E-state index in [1.165, 1.54) is 6.08 Å². The molecule has 0 fully saturated rings. The van der Waals surface area contributed by atoms with Gasteiger partial charge in [-0.25, -0.2) is 4.79 Å². The van der Waals surface area contributed by atoms with E-state index in [0.717, 1.165) is 16.9 Å². The van der Waals surface area contributed by atoms with Crippen LogP contribution in [0.4, 0.5) is 0 Å². The number of methoxy groups -OCH3 is 1. The fraction of sp³-hybridized carbons (Fsp3) is 0.273. The molecule has 1 aliphatic rings. The van der Waals surface area contributed by atoms with Crippen LogP contribution in [0.3, 0.4) is 0 Å². The van der Waals surface area contributed by atoms with Gasteiger partial charge in [0, 0.05) is 6.08 Å². The first kappa shape index (κ1) is 18.7. The summed E-state index contributed by atoms with van der Waals surface area (Å²) in [6.45, 7) is 3.93. The number of amides is 1. The lowest BCUT2D eigenvalue weighted by Gasteiger charge is -2.31. The van der Waals surface area contributed by atoms with Crippen LogP contribution in [0.1, 0.15) is 31.0 Å². The summed E-state index contributed by atoms with van der Waals surface area (Å²) in [7, 11) is 1.61. The van der Waals surface area contributed by atoms with E-state index < -0.39 is 12.0 Å². The second kappa shape index (κ2) is 8.08. The maximum atomic E-state index is 12.8. The maximum absolute atomic E-state index is 12.8. The highest BCUT2D eigenvalue weighted by Crippen LogP contribution is 2.36. The molecule has 2 aromatic carbocycles. The van der Waals surface area contributed by atoms with Crippen LogP contribution < -0.4 is 4.74 Å². The standard InChI is InChI=1S/C22H23NO4/c1-4-27-22(25)21-19(17-8-6-5-7-9-17)14-20(24)23(21)15(2)16-10-12-18(26-3)13-11-16/h5-15,21H,4H2,1-3H3. The first-order valence-electron chi connectivity index (χ1n) is 8.96. The predicted octanol–water partition coefficient (Wildman–Crippen LogP) is 3.61. The van der Waals surface area contributed by atoms with Crippen molar-refractivity contribution in [2.24, 2.45) is 0 Å². The second-order valence-corrected chi connectivity index (χ2v) is 6.31. The zero-order valence-electron chi connectivity index (χ0n) is 15.7. The molecular formula is C22H23NO4. The van der Waals surface area contributed by atoms with Gasteiger partial charge < -0.3 is 14.4 Å². The minimum atomic E-state index is -0.767. The van der Waals surface area contributed by atoms with Gasteiger partial charge in [-0.15, -0.1) is 0 Å². The van der Waals surface area contributed by atoms with Gasteiger partial charge in [-0.05, 0) is 42.7 Å². The molecule has 5 nitrogen and oxygen atoms in total. The minimum absolute atomic E-state index is 0.199. The van der Waals surface area contributed by atoms with Crippen molar-refractivity contribution in [3.8, 4) is 5.75 Å². The molecule has 2 aromatic rings. The number of hydrogen-bond donors (Lipinski definition) is 0. The third-order valence-electron chi connectivity index (χ3n) is 4.74. The first-order chi connectivity index (χ1) is 13.1. The third-order valence-corrected chi connectivity index (χ3v) is 4.74. The number of esters is 1. The Labute approximate surface area is 159 Å². The summed E-state index contributed by atoms with van der Waals surface area (Å²) < 4.78 is 10.5. The van der Waals surface area contributed by atoms with E-state index in [-0.39, 0.29) is 18.6 Å². The van der Waals surface area contributed by atoms with Gasteiger partial charge in [0.25, 0.3) is 0 Å². The van der Waals surface area contributed by atoms with Crippen LogP contribution in [0.25, 0.3) is 5.57 Å². The van der Waals surface area contributed by atoms with E-state index in [0.29, 0.717) is 5.57 Å². The lowest BCUT2D eigenvalue weighted by atomic mass is 9.98. The Balaban J connectivity index is 1.97. The van der Waals surface area contributed by atoms with Crippen LogP contribution >= 0.6 is 0 Å². The Morgan fingerprint density at radius 3 is 2.37 bits per heavy atom. The van der Waals surface area contributed by atoms with Gasteiger partial charge in [-0.1, -0.05) is 42.5 Å². The summed E-state index contributed by atoms with van der Waals surface area (Å²) in [4.78, 5) is 27.2. The highest BCUT2D eigenvalue weighted by atomic mass is 16.5. The number of nitrogens with zero attached hydrogens (tertiary/aromatic N) is 1. The second-order valence-electron chi connectivity index (χ2n) is 6.31. The van der Waals surface area contributed by atoms with Crippen molar-refractivity contribution >= 4 is 17.4 Å². The first-order valence-corrected chi connectivity index (χ1v) is 8.96. The summed E-state index contributed by atoms with van der Waals surface area (Å²) in [6, 6.07) is 15.9. The van der Waals surface area contributed by atoms with Crippen molar-refractivity contribution in [2.75, 3.05) is 13.7 Å². The Morgan fingerprint density at radius 2 is 1.78 bits per heavy atom. The predicted molar refractivity (Wildman–Crippen MR) is 103 cm³/mol. The molecule has 27 heavy (non-hydrogen) atoms. The highest BCUT2D eigenvalue weighted by Gasteiger charge is 2.42. The van der Waals surface area contributed by atoms with Gasteiger partial charge in [0.05, 0.1) is 19.8 Å². The summed E-state index contributed by atoms with van der Waals surface area (Å²) >= 11 is 0. The fourth-order valence-corrected chi connectivity index (χ4v) is 3.35. The Bertz CT molecular complexity index is 842. The van der Waals surface area contributed by atoms with Crippen molar-refractivity contribution in [1.82, 2.24) is 4.90 Å². The number of carbonyl (C=O) groups is 2. The summed E-state index contributed by atoms with van der Waals surface area (Å²) in [6.07, 6.45) is 1.54. The van der Waals surface area contributed by atoms with E-state index in [1.807, 2.05) is 61.5 Å². The van der Waals surface area contributed by atoms with Crippen LogP contribution in [0.15, 0.2) is 60.7 Å². The van der Waals surface area contributed by atoms with Crippen molar-refractivity contribution in [3.05, 3.63) is 71.8 Å². The lowest BCUT2D eigenvalue weighted by molar-refractivity contribution is -0.151. The Morgan fingerprint density at radius 1 is 1.11 bits per heavy atom. The SMILES string of the molecule is CCOC(=O)C1C(c2ccccc2)=CC(=O)N1C(C)c1ccc(OC)cc1. The highest BCUT2D eigenvalue weighted by molar-refractivity contribution is 6.09. The number of ether oxygens (including phenoxy) is 2. The van der Waals surface area contributed by atoms with Gasteiger partial charge in [0.15, 0.2) is 6.04 Å². The maximum Gasteiger partial charge on any atom is 0.333 e. The van der Waals surface area contributed by atoms with Crippen LogP contribution in [0, 0.1) is 0 Å². The molecule has 0 N–H and O–H groups in total. The summed E-state index contributed by atoms with van der Waals surface area (Å²) in [5.41, 5.74) is 2.42. The third kappa shape index (κ3) is 3.72. The molecule has 0 aromatic heterocycles. The molecule has 1 heterocycles. The molecule has 0 saturated heterocycles. The van der Waals surface area contributed by atoms with Gasteiger partial charge in [0.1, 0.15) is 5.75 Å². The van der Waals surface area contributed by atoms with Crippen LogP contribution in [0.5, 0.6) is 5.75 Å². The summed E-state index contributed by atoms with van der Waals surface area (Å²) in [5, 5.41) is 0. The van der Waals surface area contributed by atoms with Gasteiger partial charge in [-0.3, -0.25) is 4.79 Å². The topological polar surface area (TPSA) is 55.8 Å². The lowest BCUT2D eigenvalue weighted by Crippen LogP contribution is -2.43. The molecule has 2 atom stereocenters. The molecule has 1 aliphatic heterocycles. The fourth-order valence-electron chi connectivity index (χ4n) is 3.35. The molecule has 0 aliphatic carbocycles. The zero-order valence-corrected chi connectivity index (χ0v) is 15.7. The normalized spacial score (nSPS) is 17.4. The molecule has 2 unspecified atom stereocenters. The quantitative estimate of drug-likeness (QED) is 0.734. The zero-order chi connectivity index (χ0) is 19.4. The van der Waals surface area contributed by atoms with Gasteiger partial charge in [-0.2, -0.15) is 0 Å². The van der Waals surface area contributed by atoms with Crippen LogP contribution in [0.2, 0.25) is 0 Å². The molecule has 140 valence electrons. The van der Waals surface area contributed by atoms with Gasteiger partial charge >= 0.3 is 5.97 Å².